The third-order valence-corrected chi connectivity index (χ3v) is 4.31. The van der Waals surface area contributed by atoms with Crippen LogP contribution in [0.2, 0.25) is 0 Å². The zero-order chi connectivity index (χ0) is 13.7. The smallest absolute Gasteiger partial charge is 0.136 e. The van der Waals surface area contributed by atoms with Gasteiger partial charge in [-0.2, -0.15) is 0 Å². The number of ketones is 2. The molecule has 0 aromatic rings. The van der Waals surface area contributed by atoms with Crippen molar-refractivity contribution in [2.75, 3.05) is 0 Å². The second-order valence-corrected chi connectivity index (χ2v) is 6.42. The lowest BCUT2D eigenvalue weighted by molar-refractivity contribution is -0.122. The van der Waals surface area contributed by atoms with Crippen LogP contribution in [-0.4, -0.2) is 11.6 Å². The summed E-state index contributed by atoms with van der Waals surface area (Å²) in [5, 5.41) is 0. The number of carbonyl (C=O) groups excluding carboxylic acids is 2. The fourth-order valence-corrected chi connectivity index (χ4v) is 3.10. The quantitative estimate of drug-likeness (QED) is 0.743. The fraction of sp³-hybridized carbons (Fsp3) is 0.875. The number of hydrogen-bond donors (Lipinski definition) is 0. The van der Waals surface area contributed by atoms with E-state index in [0.717, 1.165) is 38.5 Å². The van der Waals surface area contributed by atoms with E-state index in [4.69, 9.17) is 0 Å². The maximum Gasteiger partial charge on any atom is 0.136 e. The molecular formula is C16H28O2. The number of hydrogen-bond acceptors (Lipinski definition) is 2. The summed E-state index contributed by atoms with van der Waals surface area (Å²) in [6.45, 7) is 8.53. The van der Waals surface area contributed by atoms with Gasteiger partial charge in [-0.25, -0.2) is 0 Å². The van der Waals surface area contributed by atoms with Gasteiger partial charge in [0.15, 0.2) is 0 Å². The average Bonchev–Trinajstić information content (AvgIpc) is 2.87. The minimum atomic E-state index is 0.394. The lowest BCUT2D eigenvalue weighted by Crippen LogP contribution is -2.12. The van der Waals surface area contributed by atoms with E-state index in [1.807, 2.05) is 0 Å². The molecule has 0 amide bonds. The fourth-order valence-electron chi connectivity index (χ4n) is 3.10. The molecule has 2 heteroatoms. The highest BCUT2D eigenvalue weighted by Crippen LogP contribution is 2.28. The molecule has 2 nitrogen and oxygen atoms in total. The monoisotopic (exact) mass is 252 g/mol. The molecule has 2 fully saturated rings. The molecule has 2 atom stereocenters. The third kappa shape index (κ3) is 4.22. The first kappa shape index (κ1) is 15.4. The molecule has 0 aromatic carbocycles. The van der Waals surface area contributed by atoms with Crippen molar-refractivity contribution in [3.63, 3.8) is 0 Å². The summed E-state index contributed by atoms with van der Waals surface area (Å²) >= 11 is 0. The minimum absolute atomic E-state index is 0.394. The zero-order valence-electron chi connectivity index (χ0n) is 12.4. The Bertz CT molecular complexity index is 261. The Labute approximate surface area is 112 Å². The molecule has 0 aliphatic heterocycles. The van der Waals surface area contributed by atoms with Gasteiger partial charge >= 0.3 is 0 Å². The maximum absolute atomic E-state index is 11.0. The molecule has 0 unspecified atom stereocenters. The van der Waals surface area contributed by atoms with Gasteiger partial charge in [0.25, 0.3) is 0 Å². The van der Waals surface area contributed by atoms with Crippen LogP contribution >= 0.6 is 0 Å². The van der Waals surface area contributed by atoms with E-state index in [1.165, 1.54) is 0 Å². The van der Waals surface area contributed by atoms with Crippen molar-refractivity contribution in [3.05, 3.63) is 0 Å². The van der Waals surface area contributed by atoms with Crippen LogP contribution in [0.1, 0.15) is 66.2 Å². The average molecular weight is 252 g/mol. The topological polar surface area (TPSA) is 34.1 Å². The van der Waals surface area contributed by atoms with Gasteiger partial charge in [-0.1, -0.05) is 27.7 Å². The second kappa shape index (κ2) is 7.06. The summed E-state index contributed by atoms with van der Waals surface area (Å²) in [5.74, 6) is 2.91. The van der Waals surface area contributed by atoms with Crippen molar-refractivity contribution < 1.29 is 9.59 Å². The van der Waals surface area contributed by atoms with Gasteiger partial charge in [-0.15, -0.1) is 0 Å². The van der Waals surface area contributed by atoms with Crippen LogP contribution in [0.3, 0.4) is 0 Å². The van der Waals surface area contributed by atoms with E-state index in [9.17, 15) is 9.59 Å². The van der Waals surface area contributed by atoms with E-state index in [1.54, 1.807) is 0 Å². The molecule has 2 aliphatic carbocycles. The maximum atomic E-state index is 11.0. The minimum Gasteiger partial charge on any atom is -0.299 e. The van der Waals surface area contributed by atoms with Crippen LogP contribution in [0.15, 0.2) is 0 Å². The van der Waals surface area contributed by atoms with Gasteiger partial charge in [-0.3, -0.25) is 9.59 Å². The highest BCUT2D eigenvalue weighted by atomic mass is 16.1. The molecule has 0 bridgehead atoms. The molecular weight excluding hydrogens is 224 g/mol. The predicted octanol–water partition coefficient (Wildman–Crippen LogP) is 4.02. The molecule has 0 spiro atoms. The number of carbonyl (C=O) groups is 2. The summed E-state index contributed by atoms with van der Waals surface area (Å²) in [4.78, 5) is 22.0. The highest BCUT2D eigenvalue weighted by Gasteiger charge is 2.27. The Hall–Kier alpha value is -0.660. The molecule has 0 N–H and O–H groups in total. The van der Waals surface area contributed by atoms with Crippen LogP contribution < -0.4 is 0 Å². The van der Waals surface area contributed by atoms with Crippen molar-refractivity contribution in [2.24, 2.45) is 23.7 Å². The van der Waals surface area contributed by atoms with E-state index in [2.05, 4.69) is 27.7 Å². The van der Waals surface area contributed by atoms with Crippen LogP contribution in [0, 0.1) is 23.7 Å². The molecule has 2 saturated carbocycles. The largest absolute Gasteiger partial charge is 0.299 e. The molecule has 2 rings (SSSR count). The second-order valence-electron chi connectivity index (χ2n) is 6.42. The summed E-state index contributed by atoms with van der Waals surface area (Å²) in [5.41, 5.74) is 0. The van der Waals surface area contributed by atoms with Gasteiger partial charge in [0, 0.05) is 24.7 Å². The van der Waals surface area contributed by atoms with Crippen LogP contribution in [0.4, 0.5) is 0 Å². The van der Waals surface area contributed by atoms with Crippen LogP contribution in [0.5, 0.6) is 0 Å². The molecule has 18 heavy (non-hydrogen) atoms. The SMILES string of the molecule is CC(C)[C@H]1CCCC1=O.CC(C)[C@H]1CCCC1=O. The number of rotatable bonds is 2. The van der Waals surface area contributed by atoms with Crippen molar-refractivity contribution in [1.82, 2.24) is 0 Å². The molecule has 0 heterocycles. The summed E-state index contributed by atoms with van der Waals surface area (Å²) in [7, 11) is 0. The van der Waals surface area contributed by atoms with Gasteiger partial charge < -0.3 is 0 Å². The van der Waals surface area contributed by atoms with Gasteiger partial charge in [-0.05, 0) is 37.5 Å². The molecule has 0 radical (unpaired) electrons. The van der Waals surface area contributed by atoms with Crippen molar-refractivity contribution in [1.29, 1.82) is 0 Å². The molecule has 0 saturated heterocycles. The van der Waals surface area contributed by atoms with Crippen LogP contribution in [0.25, 0.3) is 0 Å². The van der Waals surface area contributed by atoms with Crippen molar-refractivity contribution >= 4 is 11.6 Å². The van der Waals surface area contributed by atoms with E-state index >= 15 is 0 Å². The Morgan fingerprint density at radius 3 is 1.22 bits per heavy atom. The predicted molar refractivity (Wildman–Crippen MR) is 74.4 cm³/mol. The van der Waals surface area contributed by atoms with Crippen molar-refractivity contribution in [3.8, 4) is 0 Å². The van der Waals surface area contributed by atoms with E-state index < -0.39 is 0 Å². The number of Topliss-reactive ketones (excluding diaryl/α,β-unsaturated/α-hetero) is 2. The Morgan fingerprint density at radius 2 is 1.11 bits per heavy atom. The highest BCUT2D eigenvalue weighted by molar-refractivity contribution is 5.83. The lowest BCUT2D eigenvalue weighted by Gasteiger charge is -2.10. The zero-order valence-corrected chi connectivity index (χ0v) is 12.4. The van der Waals surface area contributed by atoms with Crippen LogP contribution in [-0.2, 0) is 9.59 Å². The summed E-state index contributed by atoms with van der Waals surface area (Å²) in [6, 6.07) is 0. The first-order valence-electron chi connectivity index (χ1n) is 7.49. The molecule has 104 valence electrons. The van der Waals surface area contributed by atoms with Gasteiger partial charge in [0.1, 0.15) is 11.6 Å². The van der Waals surface area contributed by atoms with Crippen molar-refractivity contribution in [2.45, 2.75) is 66.2 Å². The molecule has 0 aromatic heterocycles. The Morgan fingerprint density at radius 1 is 0.778 bits per heavy atom. The summed E-state index contributed by atoms with van der Waals surface area (Å²) in [6.07, 6.45) is 6.20. The first-order valence-corrected chi connectivity index (χ1v) is 7.49. The summed E-state index contributed by atoms with van der Waals surface area (Å²) < 4.78 is 0. The molecule has 2 aliphatic rings. The standard InChI is InChI=1S/2C8H14O/c2*1-6(2)7-4-3-5-8(7)9/h2*6-7H,3-5H2,1-2H3/t2*7-/m11/s1. The first-order chi connectivity index (χ1) is 8.43. The van der Waals surface area contributed by atoms with Gasteiger partial charge in [0.05, 0.1) is 0 Å². The third-order valence-electron chi connectivity index (χ3n) is 4.31. The normalized spacial score (nSPS) is 27.9. The van der Waals surface area contributed by atoms with Gasteiger partial charge in [0.2, 0.25) is 0 Å². The Balaban J connectivity index is 0.000000180. The lowest BCUT2D eigenvalue weighted by atomic mass is 9.94. The van der Waals surface area contributed by atoms with E-state index in [0.29, 0.717) is 35.2 Å². The van der Waals surface area contributed by atoms with E-state index in [-0.39, 0.29) is 0 Å². The Kier molecular flexibility index (Phi) is 6.04.